The SMILES string of the molecule is COc1ccc(-c2nnc(SCC(=O)NC(=O)NC3CC3)o2)cc1OC. The van der Waals surface area contributed by atoms with Crippen molar-refractivity contribution in [2.75, 3.05) is 20.0 Å². The van der Waals surface area contributed by atoms with E-state index in [4.69, 9.17) is 13.9 Å². The Morgan fingerprint density at radius 2 is 2.00 bits per heavy atom. The molecule has 2 N–H and O–H groups in total. The number of rotatable bonds is 7. The first-order valence-electron chi connectivity index (χ1n) is 7.88. The summed E-state index contributed by atoms with van der Waals surface area (Å²) in [5, 5.41) is 13.0. The Morgan fingerprint density at radius 3 is 2.69 bits per heavy atom. The molecule has 0 spiro atoms. The molecule has 0 atom stereocenters. The van der Waals surface area contributed by atoms with Gasteiger partial charge in [-0.15, -0.1) is 10.2 Å². The quantitative estimate of drug-likeness (QED) is 0.701. The van der Waals surface area contributed by atoms with E-state index in [-0.39, 0.29) is 17.0 Å². The summed E-state index contributed by atoms with van der Waals surface area (Å²) in [6.45, 7) is 0. The standard InChI is InChI=1S/C16H18N4O5S/c1-23-11-6-3-9(7-12(11)24-2)14-19-20-16(25-14)26-8-13(21)18-15(22)17-10-4-5-10/h3,6-7,10H,4-5,8H2,1-2H3,(H2,17,18,21,22). The smallest absolute Gasteiger partial charge is 0.321 e. The second-order valence-electron chi connectivity index (χ2n) is 5.53. The van der Waals surface area contributed by atoms with Crippen molar-refractivity contribution in [3.63, 3.8) is 0 Å². The van der Waals surface area contributed by atoms with Crippen molar-refractivity contribution in [3.05, 3.63) is 18.2 Å². The summed E-state index contributed by atoms with van der Waals surface area (Å²) < 4.78 is 16.0. The number of hydrogen-bond donors (Lipinski definition) is 2. The van der Waals surface area contributed by atoms with Crippen molar-refractivity contribution in [2.24, 2.45) is 0 Å². The lowest BCUT2D eigenvalue weighted by molar-refractivity contribution is -0.117. The lowest BCUT2D eigenvalue weighted by Crippen LogP contribution is -2.41. The Bertz CT molecular complexity index is 806. The molecule has 1 heterocycles. The summed E-state index contributed by atoms with van der Waals surface area (Å²) in [6, 6.07) is 4.93. The predicted molar refractivity (Wildman–Crippen MR) is 93.3 cm³/mol. The van der Waals surface area contributed by atoms with Crippen LogP contribution in [0.25, 0.3) is 11.5 Å². The molecule has 2 aromatic rings. The molecule has 3 amide bonds. The topological polar surface area (TPSA) is 116 Å². The Labute approximate surface area is 153 Å². The van der Waals surface area contributed by atoms with Gasteiger partial charge in [-0.3, -0.25) is 10.1 Å². The lowest BCUT2D eigenvalue weighted by atomic mass is 10.2. The molecule has 1 fully saturated rings. The summed E-state index contributed by atoms with van der Waals surface area (Å²) in [4.78, 5) is 23.2. The molecule has 1 aromatic carbocycles. The number of urea groups is 1. The van der Waals surface area contributed by atoms with Crippen LogP contribution in [-0.2, 0) is 4.79 Å². The molecular formula is C16H18N4O5S. The molecule has 1 aliphatic carbocycles. The summed E-state index contributed by atoms with van der Waals surface area (Å²) in [6.07, 6.45) is 1.91. The van der Waals surface area contributed by atoms with Crippen molar-refractivity contribution < 1.29 is 23.5 Å². The zero-order valence-electron chi connectivity index (χ0n) is 14.3. The Kier molecular flexibility index (Phi) is 5.61. The number of amides is 3. The maximum absolute atomic E-state index is 11.7. The number of benzene rings is 1. The van der Waals surface area contributed by atoms with Crippen molar-refractivity contribution >= 4 is 23.7 Å². The van der Waals surface area contributed by atoms with Gasteiger partial charge < -0.3 is 19.2 Å². The third kappa shape index (κ3) is 4.66. The van der Waals surface area contributed by atoms with E-state index in [1.165, 1.54) is 7.11 Å². The molecule has 26 heavy (non-hydrogen) atoms. The van der Waals surface area contributed by atoms with Gasteiger partial charge in [-0.05, 0) is 31.0 Å². The molecule has 0 bridgehead atoms. The predicted octanol–water partition coefficient (Wildman–Crippen LogP) is 1.83. The minimum Gasteiger partial charge on any atom is -0.493 e. The van der Waals surface area contributed by atoms with Crippen LogP contribution in [0, 0.1) is 0 Å². The molecule has 10 heteroatoms. The molecule has 0 saturated heterocycles. The zero-order valence-corrected chi connectivity index (χ0v) is 15.1. The van der Waals surface area contributed by atoms with Crippen molar-refractivity contribution in [1.82, 2.24) is 20.8 Å². The molecule has 1 aliphatic rings. The maximum atomic E-state index is 11.7. The van der Waals surface area contributed by atoms with Gasteiger partial charge in [0.15, 0.2) is 11.5 Å². The summed E-state index contributed by atoms with van der Waals surface area (Å²) in [5.41, 5.74) is 0.662. The highest BCUT2D eigenvalue weighted by atomic mass is 32.2. The number of ether oxygens (including phenoxy) is 2. The number of aromatic nitrogens is 2. The van der Waals surface area contributed by atoms with Crippen LogP contribution in [0.15, 0.2) is 27.8 Å². The van der Waals surface area contributed by atoms with Crippen LogP contribution in [0.5, 0.6) is 11.5 Å². The van der Waals surface area contributed by atoms with Crippen LogP contribution < -0.4 is 20.1 Å². The molecule has 138 valence electrons. The van der Waals surface area contributed by atoms with Gasteiger partial charge in [0.1, 0.15) is 0 Å². The average molecular weight is 378 g/mol. The third-order valence-corrected chi connectivity index (χ3v) is 4.35. The van der Waals surface area contributed by atoms with E-state index in [0.29, 0.717) is 23.0 Å². The van der Waals surface area contributed by atoms with E-state index in [9.17, 15) is 9.59 Å². The van der Waals surface area contributed by atoms with Gasteiger partial charge in [-0.2, -0.15) is 0 Å². The van der Waals surface area contributed by atoms with Crippen molar-refractivity contribution in [3.8, 4) is 23.0 Å². The molecule has 1 saturated carbocycles. The number of imide groups is 1. The largest absolute Gasteiger partial charge is 0.493 e. The van der Waals surface area contributed by atoms with E-state index >= 15 is 0 Å². The molecule has 1 aromatic heterocycles. The van der Waals surface area contributed by atoms with Gasteiger partial charge in [0.2, 0.25) is 11.8 Å². The molecular weight excluding hydrogens is 360 g/mol. The van der Waals surface area contributed by atoms with E-state index in [1.54, 1.807) is 25.3 Å². The first kappa shape index (κ1) is 18.1. The monoisotopic (exact) mass is 378 g/mol. The number of hydrogen-bond acceptors (Lipinski definition) is 8. The average Bonchev–Trinajstić information content (AvgIpc) is 3.32. The van der Waals surface area contributed by atoms with Crippen molar-refractivity contribution in [1.29, 1.82) is 0 Å². The van der Waals surface area contributed by atoms with Crippen LogP contribution >= 0.6 is 11.8 Å². The van der Waals surface area contributed by atoms with Gasteiger partial charge in [0, 0.05) is 11.6 Å². The second-order valence-corrected chi connectivity index (χ2v) is 6.45. The number of carbonyl (C=O) groups excluding carboxylic acids is 2. The fraction of sp³-hybridized carbons (Fsp3) is 0.375. The van der Waals surface area contributed by atoms with Crippen LogP contribution in [0.1, 0.15) is 12.8 Å². The Balaban J connectivity index is 1.55. The van der Waals surface area contributed by atoms with E-state index in [2.05, 4.69) is 20.8 Å². The molecule has 0 aliphatic heterocycles. The number of carbonyl (C=O) groups is 2. The van der Waals surface area contributed by atoms with Gasteiger partial charge in [-0.1, -0.05) is 11.8 Å². The van der Waals surface area contributed by atoms with Crippen LogP contribution in [0.4, 0.5) is 4.79 Å². The Morgan fingerprint density at radius 1 is 1.23 bits per heavy atom. The van der Waals surface area contributed by atoms with Gasteiger partial charge in [0.25, 0.3) is 5.22 Å². The first-order valence-corrected chi connectivity index (χ1v) is 8.86. The summed E-state index contributed by atoms with van der Waals surface area (Å²) >= 11 is 1.05. The fourth-order valence-electron chi connectivity index (χ4n) is 2.09. The van der Waals surface area contributed by atoms with E-state index in [0.717, 1.165) is 24.6 Å². The van der Waals surface area contributed by atoms with Gasteiger partial charge in [0.05, 0.1) is 20.0 Å². The summed E-state index contributed by atoms with van der Waals surface area (Å²) in [5.74, 6) is 0.982. The number of methoxy groups -OCH3 is 2. The fourth-order valence-corrected chi connectivity index (χ4v) is 2.66. The Hall–Kier alpha value is -2.75. The first-order chi connectivity index (χ1) is 12.6. The van der Waals surface area contributed by atoms with Crippen LogP contribution in [-0.4, -0.2) is 48.1 Å². The second kappa shape index (κ2) is 8.09. The molecule has 3 rings (SSSR count). The molecule has 0 radical (unpaired) electrons. The zero-order chi connectivity index (χ0) is 18.5. The minimum absolute atomic E-state index is 0.00828. The number of thioether (sulfide) groups is 1. The highest BCUT2D eigenvalue weighted by molar-refractivity contribution is 7.99. The number of nitrogens with one attached hydrogen (secondary N) is 2. The normalized spacial score (nSPS) is 13.2. The van der Waals surface area contributed by atoms with Crippen LogP contribution in [0.3, 0.4) is 0 Å². The molecule has 9 nitrogen and oxygen atoms in total. The number of nitrogens with zero attached hydrogens (tertiary/aromatic N) is 2. The third-order valence-electron chi connectivity index (χ3n) is 3.53. The van der Waals surface area contributed by atoms with Crippen LogP contribution in [0.2, 0.25) is 0 Å². The lowest BCUT2D eigenvalue weighted by Gasteiger charge is -2.07. The highest BCUT2D eigenvalue weighted by Gasteiger charge is 2.24. The van der Waals surface area contributed by atoms with E-state index < -0.39 is 11.9 Å². The maximum Gasteiger partial charge on any atom is 0.321 e. The summed E-state index contributed by atoms with van der Waals surface area (Å²) in [7, 11) is 3.09. The van der Waals surface area contributed by atoms with Crippen molar-refractivity contribution in [2.45, 2.75) is 24.1 Å². The van der Waals surface area contributed by atoms with E-state index in [1.807, 2.05) is 0 Å². The van der Waals surface area contributed by atoms with Gasteiger partial charge >= 0.3 is 6.03 Å². The minimum atomic E-state index is -0.477. The highest BCUT2D eigenvalue weighted by Crippen LogP contribution is 2.32. The van der Waals surface area contributed by atoms with Gasteiger partial charge in [-0.25, -0.2) is 4.79 Å². The molecule has 0 unspecified atom stereocenters.